The number of piperazine rings is 1. The molecule has 202 valence electrons. The highest BCUT2D eigenvalue weighted by Crippen LogP contribution is 2.30. The van der Waals surface area contributed by atoms with Crippen LogP contribution < -0.4 is 15.5 Å². The molecule has 2 aromatic rings. The Balaban J connectivity index is 1.20. The predicted octanol–water partition coefficient (Wildman–Crippen LogP) is 3.32. The van der Waals surface area contributed by atoms with Crippen molar-refractivity contribution in [2.24, 2.45) is 5.92 Å². The van der Waals surface area contributed by atoms with Crippen molar-refractivity contribution in [2.45, 2.75) is 70.4 Å². The van der Waals surface area contributed by atoms with Gasteiger partial charge in [-0.1, -0.05) is 50.4 Å². The zero-order valence-electron chi connectivity index (χ0n) is 22.0. The van der Waals surface area contributed by atoms with E-state index in [0.717, 1.165) is 76.0 Å². The number of aromatic nitrogens is 4. The highest BCUT2D eigenvalue weighted by molar-refractivity contribution is 7.19. The Hall–Kier alpha value is -2.37. The Morgan fingerprint density at radius 3 is 2.49 bits per heavy atom. The normalized spacial score (nSPS) is 23.4. The van der Waals surface area contributed by atoms with Crippen LogP contribution in [0.15, 0.2) is 18.3 Å². The quantitative estimate of drug-likeness (QED) is 0.535. The van der Waals surface area contributed by atoms with E-state index in [1.54, 1.807) is 6.20 Å². The van der Waals surface area contributed by atoms with Crippen LogP contribution in [0.3, 0.4) is 0 Å². The fourth-order valence-corrected chi connectivity index (χ4v) is 6.80. The van der Waals surface area contributed by atoms with Crippen molar-refractivity contribution in [3.05, 3.63) is 18.3 Å². The molecule has 4 heterocycles. The predicted molar refractivity (Wildman–Crippen MR) is 148 cm³/mol. The first kappa shape index (κ1) is 26.2. The van der Waals surface area contributed by atoms with E-state index >= 15 is 0 Å². The van der Waals surface area contributed by atoms with E-state index in [1.807, 2.05) is 12.1 Å². The minimum absolute atomic E-state index is 0.0900. The van der Waals surface area contributed by atoms with Crippen LogP contribution in [0.25, 0.3) is 0 Å². The average molecular weight is 528 g/mol. The minimum atomic E-state index is -0.0900. The van der Waals surface area contributed by atoms with Crippen LogP contribution in [0.2, 0.25) is 0 Å². The summed E-state index contributed by atoms with van der Waals surface area (Å²) in [5.41, 5.74) is 0. The van der Waals surface area contributed by atoms with E-state index in [4.69, 9.17) is 0 Å². The summed E-state index contributed by atoms with van der Waals surface area (Å²) in [5, 5.41) is 24.9. The largest absolute Gasteiger partial charge is 0.355 e. The van der Waals surface area contributed by atoms with Crippen LogP contribution >= 0.6 is 11.3 Å². The van der Waals surface area contributed by atoms with Gasteiger partial charge in [0.2, 0.25) is 16.2 Å². The second-order valence-corrected chi connectivity index (χ2v) is 11.6. The third-order valence-corrected chi connectivity index (χ3v) is 8.94. The van der Waals surface area contributed by atoms with Gasteiger partial charge in [0.05, 0.1) is 6.04 Å². The molecule has 2 aromatic heterocycles. The standard InChI is InChI=1S/C26H41N9OS/c1-2-33-15-17-34(18-16-33)23(20-9-6-4-3-5-7-10-20)24(36)29-26-32-31-25(37-26)28-21-12-14-35(19-21)22-11-8-13-27-30-22/h8,11,13,20-21,23H,2-7,9-10,12,14-19H2,1H3,(H,28,31)(H,29,32,36)/t21-,23?/m1/s1. The molecule has 0 bridgehead atoms. The van der Waals surface area contributed by atoms with Crippen LogP contribution in [-0.4, -0.2) is 94.0 Å². The highest BCUT2D eigenvalue weighted by atomic mass is 32.1. The molecular weight excluding hydrogens is 486 g/mol. The van der Waals surface area contributed by atoms with Crippen LogP contribution in [0.5, 0.6) is 0 Å². The molecule has 2 aliphatic heterocycles. The molecule has 0 spiro atoms. The van der Waals surface area contributed by atoms with Crippen molar-refractivity contribution in [3.63, 3.8) is 0 Å². The molecule has 37 heavy (non-hydrogen) atoms. The molecule has 10 nitrogen and oxygen atoms in total. The molecule has 2 N–H and O–H groups in total. The van der Waals surface area contributed by atoms with Crippen molar-refractivity contribution in [1.82, 2.24) is 30.2 Å². The Bertz CT molecular complexity index is 973. The van der Waals surface area contributed by atoms with Crippen molar-refractivity contribution < 1.29 is 4.79 Å². The van der Waals surface area contributed by atoms with Gasteiger partial charge in [0.15, 0.2) is 5.82 Å². The molecule has 11 heteroatoms. The number of anilines is 3. The van der Waals surface area contributed by atoms with Crippen LogP contribution in [0, 0.1) is 5.92 Å². The maximum atomic E-state index is 13.7. The van der Waals surface area contributed by atoms with E-state index in [9.17, 15) is 4.79 Å². The number of nitrogens with zero attached hydrogens (tertiary/aromatic N) is 7. The summed E-state index contributed by atoms with van der Waals surface area (Å²) in [4.78, 5) is 20.9. The van der Waals surface area contributed by atoms with E-state index in [0.29, 0.717) is 11.0 Å². The minimum Gasteiger partial charge on any atom is -0.355 e. The maximum Gasteiger partial charge on any atom is 0.243 e. The van der Waals surface area contributed by atoms with Crippen LogP contribution in [0.1, 0.15) is 58.3 Å². The second-order valence-electron chi connectivity index (χ2n) is 10.6. The van der Waals surface area contributed by atoms with Gasteiger partial charge in [-0.15, -0.1) is 15.3 Å². The lowest BCUT2D eigenvalue weighted by atomic mass is 9.84. The number of carbonyl (C=O) groups is 1. The Morgan fingerprint density at radius 1 is 1.00 bits per heavy atom. The molecule has 1 saturated carbocycles. The topological polar surface area (TPSA) is 102 Å². The van der Waals surface area contributed by atoms with Gasteiger partial charge in [0, 0.05) is 51.5 Å². The molecule has 0 aromatic carbocycles. The van der Waals surface area contributed by atoms with E-state index in [2.05, 4.69) is 52.7 Å². The summed E-state index contributed by atoms with van der Waals surface area (Å²) < 4.78 is 0. The molecular formula is C26H41N9OS. The van der Waals surface area contributed by atoms with Gasteiger partial charge in [-0.25, -0.2) is 0 Å². The zero-order valence-corrected chi connectivity index (χ0v) is 22.8. The number of rotatable bonds is 8. The van der Waals surface area contributed by atoms with Crippen LogP contribution in [-0.2, 0) is 4.79 Å². The monoisotopic (exact) mass is 527 g/mol. The van der Waals surface area contributed by atoms with E-state index < -0.39 is 0 Å². The third kappa shape index (κ3) is 6.94. The molecule has 3 fully saturated rings. The first-order valence-corrected chi connectivity index (χ1v) is 14.9. The SMILES string of the molecule is CCN1CCN(C(C(=O)Nc2nnc(N[C@@H]3CCN(c4cccnn4)C3)s2)C2CCCCCCC2)CC1. The number of amides is 1. The smallest absolute Gasteiger partial charge is 0.243 e. The van der Waals surface area contributed by atoms with Gasteiger partial charge >= 0.3 is 0 Å². The van der Waals surface area contributed by atoms with Crippen molar-refractivity contribution in [1.29, 1.82) is 0 Å². The number of carbonyl (C=O) groups excluding carboxylic acids is 1. The summed E-state index contributed by atoms with van der Waals surface area (Å²) in [6.07, 6.45) is 11.3. The molecule has 5 rings (SSSR count). The molecule has 2 saturated heterocycles. The molecule has 0 radical (unpaired) electrons. The second kappa shape index (κ2) is 12.9. The molecule has 1 amide bonds. The van der Waals surface area contributed by atoms with Crippen molar-refractivity contribution in [2.75, 3.05) is 61.3 Å². The Labute approximate surface area is 224 Å². The first-order valence-electron chi connectivity index (χ1n) is 14.1. The lowest BCUT2D eigenvalue weighted by Crippen LogP contribution is -2.56. The first-order chi connectivity index (χ1) is 18.2. The fourth-order valence-electron chi connectivity index (χ4n) is 6.07. The highest BCUT2D eigenvalue weighted by Gasteiger charge is 2.35. The average Bonchev–Trinajstić information content (AvgIpc) is 3.56. The number of hydrogen-bond donors (Lipinski definition) is 2. The van der Waals surface area contributed by atoms with Crippen molar-refractivity contribution in [3.8, 4) is 0 Å². The molecule has 3 aliphatic rings. The van der Waals surface area contributed by atoms with Gasteiger partial charge < -0.3 is 15.1 Å². The summed E-state index contributed by atoms with van der Waals surface area (Å²) >= 11 is 1.43. The van der Waals surface area contributed by atoms with Gasteiger partial charge in [-0.2, -0.15) is 5.10 Å². The summed E-state index contributed by atoms with van der Waals surface area (Å²) in [6.45, 7) is 9.03. The van der Waals surface area contributed by atoms with Crippen molar-refractivity contribution >= 4 is 33.3 Å². The molecule has 2 atom stereocenters. The Morgan fingerprint density at radius 2 is 1.76 bits per heavy atom. The number of hydrogen-bond acceptors (Lipinski definition) is 10. The maximum absolute atomic E-state index is 13.7. The molecule has 1 aliphatic carbocycles. The summed E-state index contributed by atoms with van der Waals surface area (Å²) in [6, 6.07) is 4.07. The summed E-state index contributed by atoms with van der Waals surface area (Å²) in [5.74, 6) is 1.40. The van der Waals surface area contributed by atoms with E-state index in [1.165, 1.54) is 43.4 Å². The van der Waals surface area contributed by atoms with Gasteiger partial charge in [0.25, 0.3) is 0 Å². The summed E-state index contributed by atoms with van der Waals surface area (Å²) in [7, 11) is 0. The number of likely N-dealkylation sites (N-methyl/N-ethyl adjacent to an activating group) is 1. The third-order valence-electron chi connectivity index (χ3n) is 8.17. The lowest BCUT2D eigenvalue weighted by molar-refractivity contribution is -0.124. The molecule has 1 unspecified atom stereocenters. The lowest BCUT2D eigenvalue weighted by Gasteiger charge is -2.41. The van der Waals surface area contributed by atoms with Gasteiger partial charge in [-0.05, 0) is 43.9 Å². The zero-order chi connectivity index (χ0) is 25.5. The van der Waals surface area contributed by atoms with Crippen LogP contribution in [0.4, 0.5) is 16.1 Å². The van der Waals surface area contributed by atoms with Gasteiger partial charge in [0.1, 0.15) is 0 Å². The Kier molecular flexibility index (Phi) is 9.17. The van der Waals surface area contributed by atoms with E-state index in [-0.39, 0.29) is 18.0 Å². The van der Waals surface area contributed by atoms with Gasteiger partial charge in [-0.3, -0.25) is 15.0 Å². The number of nitrogens with one attached hydrogen (secondary N) is 2. The fraction of sp³-hybridized carbons (Fsp3) is 0.731.